The third-order valence-corrected chi connectivity index (χ3v) is 4.68. The summed E-state index contributed by atoms with van der Waals surface area (Å²) in [5, 5.41) is 12.0. The van der Waals surface area contributed by atoms with Gasteiger partial charge >= 0.3 is 11.6 Å². The van der Waals surface area contributed by atoms with Gasteiger partial charge in [0.25, 0.3) is 0 Å². The van der Waals surface area contributed by atoms with E-state index in [-0.39, 0.29) is 16.3 Å². The number of halogens is 6. The Morgan fingerprint density at radius 3 is 1.38 bits per heavy atom. The van der Waals surface area contributed by atoms with Gasteiger partial charge in [0.15, 0.2) is 10.1 Å². The highest BCUT2D eigenvalue weighted by molar-refractivity contribution is 7.86. The maximum atomic E-state index is 12.2. The summed E-state index contributed by atoms with van der Waals surface area (Å²) in [5.74, 6) is -0.656. The summed E-state index contributed by atoms with van der Waals surface area (Å²) in [6, 6.07) is 20.5. The molecule has 0 amide bonds. The fourth-order valence-corrected chi connectivity index (χ4v) is 2.12. The Bertz CT molecular complexity index is 1350. The van der Waals surface area contributed by atoms with Crippen molar-refractivity contribution in [3.8, 4) is 6.07 Å². The van der Waals surface area contributed by atoms with Gasteiger partial charge in [-0.05, 0) is 72.8 Å². The van der Waals surface area contributed by atoms with E-state index in [0.29, 0.717) is 17.4 Å². The zero-order valence-corrected chi connectivity index (χ0v) is 21.9. The van der Waals surface area contributed by atoms with Crippen molar-refractivity contribution in [2.45, 2.75) is 5.51 Å². The topological polar surface area (TPSA) is 119 Å². The first kappa shape index (κ1) is 37.9. The Morgan fingerprint density at radius 2 is 1.10 bits per heavy atom. The highest BCUT2D eigenvalue weighted by atomic mass is 32.2. The number of carbonyl (C=O) groups is 2. The molecule has 0 spiro atoms. The lowest BCUT2D eigenvalue weighted by Gasteiger charge is -2.23. The molecule has 8 nitrogen and oxygen atoms in total. The fraction of sp³-hybridized carbons (Fsp3) is 0.160. The van der Waals surface area contributed by atoms with Crippen LogP contribution in [0.5, 0.6) is 0 Å². The highest BCUT2D eigenvalue weighted by Gasteiger charge is 2.36. The van der Waals surface area contributed by atoms with E-state index in [9.17, 15) is 36.7 Å². The van der Waals surface area contributed by atoms with E-state index in [4.69, 9.17) is 13.0 Å². The Labute approximate surface area is 226 Å². The first-order valence-electron chi connectivity index (χ1n) is 10.4. The molecule has 0 unspecified atom stereocenters. The number of carbonyl (C=O) groups excluding carboxylic acids is 2. The lowest BCUT2D eigenvalue weighted by atomic mass is 10.2. The van der Waals surface area contributed by atoms with Gasteiger partial charge in [0.05, 0.1) is 21.1 Å². The molecule has 0 fully saturated rings. The maximum Gasteiger partial charge on any atom is 0.485 e. The summed E-state index contributed by atoms with van der Waals surface area (Å²) in [4.78, 5) is 20.4. The molecule has 0 saturated heterocycles. The molecule has 0 atom stereocenters. The summed E-state index contributed by atoms with van der Waals surface area (Å²) in [5.41, 5.74) is -2.74. The number of benzene rings is 3. The van der Waals surface area contributed by atoms with E-state index >= 15 is 0 Å². The predicted octanol–water partition coefficient (Wildman–Crippen LogP) is 5.54. The molecule has 0 aliphatic carbocycles. The monoisotopic (exact) mass is 591 g/mol. The van der Waals surface area contributed by atoms with Crippen LogP contribution in [0.4, 0.5) is 32.3 Å². The van der Waals surface area contributed by atoms with Gasteiger partial charge in [0.2, 0.25) is 0 Å². The number of rotatable bonds is 3. The molecular weight excluding hydrogens is 567 g/mol. The largest absolute Gasteiger partial charge is 0.741 e. The molecule has 0 aliphatic rings. The summed E-state index contributed by atoms with van der Waals surface area (Å²) in [7, 11) is 0.189. The second kappa shape index (κ2) is 17.4. The molecule has 0 heterocycles. The molecule has 15 heteroatoms. The quantitative estimate of drug-likeness (QED) is 0.0985. The third kappa shape index (κ3) is 15.9. The van der Waals surface area contributed by atoms with E-state index in [1.165, 1.54) is 54.2 Å². The van der Waals surface area contributed by atoms with Crippen molar-refractivity contribution in [1.29, 1.82) is 0 Å². The minimum atomic E-state index is -6.09. The molecule has 40 heavy (non-hydrogen) atoms. The second-order valence-electron chi connectivity index (χ2n) is 8.00. The van der Waals surface area contributed by atoms with Crippen molar-refractivity contribution in [3.05, 3.63) is 111 Å². The van der Waals surface area contributed by atoms with Crippen LogP contribution in [0.1, 0.15) is 26.3 Å². The molecule has 0 radical (unpaired) electrons. The molecular formula is C25H24F6N2O6S. The van der Waals surface area contributed by atoms with Crippen molar-refractivity contribution in [2.75, 3.05) is 21.1 Å². The number of aldehydes is 2. The molecule has 0 bridgehead atoms. The van der Waals surface area contributed by atoms with Crippen LogP contribution in [0.15, 0.2) is 72.8 Å². The SMILES string of the molecule is C[N+](C)(C)c1ccc(C=O)cc1.O=Cc1ccc([18F])cc1.O=S(=O)([O-])C(F)(F)F.[18FH].[O-][N+]#Cc1ccc([18F])cc1. The van der Waals surface area contributed by atoms with Crippen LogP contribution in [-0.2, 0) is 10.1 Å². The zero-order chi connectivity index (χ0) is 30.3. The van der Waals surface area contributed by atoms with E-state index in [2.05, 4.69) is 32.2 Å². The first-order valence-corrected chi connectivity index (χ1v) is 11.8. The smallest absolute Gasteiger partial charge is 0.485 e. The summed E-state index contributed by atoms with van der Waals surface area (Å²) >= 11 is 0. The van der Waals surface area contributed by atoms with Crippen molar-refractivity contribution in [2.24, 2.45) is 0 Å². The minimum absolute atomic E-state index is 0. The predicted molar refractivity (Wildman–Crippen MR) is 138 cm³/mol. The lowest BCUT2D eigenvalue weighted by molar-refractivity contribution is -0.0517. The average molecular weight is 592 g/mol. The van der Waals surface area contributed by atoms with Crippen LogP contribution >= 0.6 is 0 Å². The van der Waals surface area contributed by atoms with E-state index in [1.807, 2.05) is 24.3 Å². The van der Waals surface area contributed by atoms with Gasteiger partial charge in [0.1, 0.15) is 35.5 Å². The van der Waals surface area contributed by atoms with Crippen LogP contribution in [-0.4, -0.2) is 52.2 Å². The molecule has 3 aromatic carbocycles. The van der Waals surface area contributed by atoms with Gasteiger partial charge in [0, 0.05) is 16.1 Å². The molecule has 0 aliphatic heterocycles. The Balaban J connectivity index is 0. The van der Waals surface area contributed by atoms with Gasteiger partial charge in [-0.15, -0.1) is 0 Å². The molecule has 0 saturated carbocycles. The number of quaternary nitrogens is 1. The summed E-state index contributed by atoms with van der Waals surface area (Å²) in [6.45, 7) is 0. The van der Waals surface area contributed by atoms with Crippen LogP contribution in [0.3, 0.4) is 0 Å². The Hall–Kier alpha value is -4.26. The molecule has 3 rings (SSSR count). The molecule has 218 valence electrons. The Kier molecular flexibility index (Phi) is 16.4. The van der Waals surface area contributed by atoms with Crippen LogP contribution in [0.2, 0.25) is 0 Å². The van der Waals surface area contributed by atoms with Crippen molar-refractivity contribution >= 4 is 28.4 Å². The molecule has 0 aromatic heterocycles. The maximum absolute atomic E-state index is 12.2. The van der Waals surface area contributed by atoms with E-state index in [0.717, 1.165) is 16.3 Å². The van der Waals surface area contributed by atoms with Crippen molar-refractivity contribution < 1.29 is 49.2 Å². The standard InChI is InChI=1S/C10H14NO.C7H4FNO.C7H5FO.CHF3O3S.FH/c1-11(2,3)10-6-4-9(8-12)5-7-10;8-7-3-1-6(2-4-7)5-9-10;8-7-3-1-6(5-9)2-4-7;2-1(3,4)8(5,6)7;/h4-8H,1-3H3;1-4H;1-5H;(H,5,6,7);1H/q+1;;;;/p-1/i;2*8-1;;1-1. The number of nitrogens with zero attached hydrogens (tertiary/aromatic N) is 2. The number of hydrogen-bond donors (Lipinski definition) is 0. The van der Waals surface area contributed by atoms with Crippen LogP contribution in [0, 0.1) is 22.9 Å². The Morgan fingerprint density at radius 1 is 0.775 bits per heavy atom. The highest BCUT2D eigenvalue weighted by Crippen LogP contribution is 2.20. The molecule has 0 N–H and O–H groups in total. The summed E-state index contributed by atoms with van der Waals surface area (Å²) in [6.07, 6.45) is 1.54. The number of hydrogen-bond acceptors (Lipinski definition) is 6. The van der Waals surface area contributed by atoms with Gasteiger partial charge in [-0.3, -0.25) is 18.8 Å². The lowest BCUT2D eigenvalue weighted by Crippen LogP contribution is -2.34. The fourth-order valence-electron chi connectivity index (χ4n) is 2.12. The van der Waals surface area contributed by atoms with Gasteiger partial charge < -0.3 is 9.76 Å². The van der Waals surface area contributed by atoms with E-state index in [1.54, 1.807) is 0 Å². The van der Waals surface area contributed by atoms with Crippen molar-refractivity contribution in [3.63, 3.8) is 0 Å². The van der Waals surface area contributed by atoms with Gasteiger partial charge in [-0.25, -0.2) is 17.2 Å². The average Bonchev–Trinajstić information content (AvgIpc) is 2.86. The van der Waals surface area contributed by atoms with Crippen molar-refractivity contribution in [1.82, 2.24) is 4.48 Å². The van der Waals surface area contributed by atoms with Gasteiger partial charge in [-0.2, -0.15) is 13.2 Å². The van der Waals surface area contributed by atoms with Crippen LogP contribution in [0.25, 0.3) is 5.01 Å². The van der Waals surface area contributed by atoms with E-state index < -0.39 is 15.6 Å². The normalized spacial score (nSPS) is 10.2. The van der Waals surface area contributed by atoms with Crippen LogP contribution < -0.4 is 4.48 Å². The summed E-state index contributed by atoms with van der Waals surface area (Å²) < 4.78 is 84.0. The second-order valence-corrected chi connectivity index (χ2v) is 9.37. The van der Waals surface area contributed by atoms with Gasteiger partial charge in [-0.1, -0.05) is 0 Å². The number of alkyl halides is 3. The zero-order valence-electron chi connectivity index (χ0n) is 21.1. The first-order chi connectivity index (χ1) is 17.9. The molecule has 3 aromatic rings. The third-order valence-electron chi connectivity index (χ3n) is 4.11. The minimum Gasteiger partial charge on any atom is -0.741 e.